The van der Waals surface area contributed by atoms with Gasteiger partial charge in [0.25, 0.3) is 0 Å². The van der Waals surface area contributed by atoms with Crippen molar-refractivity contribution in [3.63, 3.8) is 0 Å². The third kappa shape index (κ3) is 4.83. The van der Waals surface area contributed by atoms with Gasteiger partial charge in [0.1, 0.15) is 17.4 Å². The number of rotatable bonds is 4. The van der Waals surface area contributed by atoms with Crippen LogP contribution < -0.4 is 4.74 Å². The first kappa shape index (κ1) is 20.4. The first-order chi connectivity index (χ1) is 13.8. The number of hydrogen-bond donors (Lipinski definition) is 0. The Hall–Kier alpha value is -1.86. The lowest BCUT2D eigenvalue weighted by Gasteiger charge is -2.19. The van der Waals surface area contributed by atoms with Gasteiger partial charge in [-0.05, 0) is 48.9 Å². The summed E-state index contributed by atoms with van der Waals surface area (Å²) in [7, 11) is 0. The molecule has 4 rings (SSSR count). The topological polar surface area (TPSA) is 64.6 Å². The van der Waals surface area contributed by atoms with Crippen LogP contribution in [0.3, 0.4) is 0 Å². The van der Waals surface area contributed by atoms with E-state index in [1.807, 2.05) is 29.2 Å². The van der Waals surface area contributed by atoms with E-state index in [0.29, 0.717) is 16.9 Å². The summed E-state index contributed by atoms with van der Waals surface area (Å²) in [6, 6.07) is 7.48. The molecule has 0 unspecified atom stereocenters. The Bertz CT molecular complexity index is 851. The van der Waals surface area contributed by atoms with Gasteiger partial charge in [-0.25, -0.2) is 4.79 Å². The van der Waals surface area contributed by atoms with E-state index >= 15 is 0 Å². The van der Waals surface area contributed by atoms with Gasteiger partial charge in [0.2, 0.25) is 0 Å². The van der Waals surface area contributed by atoms with Gasteiger partial charge in [0.15, 0.2) is 5.01 Å². The molecule has 2 aliphatic rings. The predicted molar refractivity (Wildman–Crippen MR) is 112 cm³/mol. The maximum Gasteiger partial charge on any atom is 0.410 e. The van der Waals surface area contributed by atoms with Gasteiger partial charge in [0.05, 0.1) is 6.10 Å². The van der Waals surface area contributed by atoms with Crippen LogP contribution in [-0.4, -0.2) is 40.4 Å². The van der Waals surface area contributed by atoms with Crippen molar-refractivity contribution in [2.24, 2.45) is 11.8 Å². The number of nitrogens with zero attached hydrogens (tertiary/aromatic N) is 3. The van der Waals surface area contributed by atoms with Crippen LogP contribution in [-0.2, 0) is 16.8 Å². The molecular formula is C21H26ClN3O3S. The molecule has 0 spiro atoms. The van der Waals surface area contributed by atoms with Crippen LogP contribution in [0.2, 0.25) is 5.02 Å². The van der Waals surface area contributed by atoms with Crippen molar-refractivity contribution in [1.29, 1.82) is 0 Å². The minimum absolute atomic E-state index is 0.0447. The third-order valence-electron chi connectivity index (χ3n) is 5.51. The Balaban J connectivity index is 1.24. The first-order valence-corrected chi connectivity index (χ1v) is 11.1. The minimum Gasteiger partial charge on any atom is -0.490 e. The van der Waals surface area contributed by atoms with E-state index in [1.54, 1.807) is 0 Å². The number of likely N-dealkylation sites (tertiary alicyclic amines) is 1. The number of amides is 1. The van der Waals surface area contributed by atoms with Crippen LogP contribution in [0.1, 0.15) is 43.6 Å². The Morgan fingerprint density at radius 3 is 2.41 bits per heavy atom. The summed E-state index contributed by atoms with van der Waals surface area (Å²) in [4.78, 5) is 14.3. The molecule has 1 aromatic carbocycles. The van der Waals surface area contributed by atoms with Crippen molar-refractivity contribution in [3.05, 3.63) is 39.3 Å². The highest BCUT2D eigenvalue weighted by Gasteiger charge is 2.43. The van der Waals surface area contributed by atoms with Crippen LogP contribution in [0.5, 0.6) is 5.75 Å². The first-order valence-electron chi connectivity index (χ1n) is 9.94. The van der Waals surface area contributed by atoms with Crippen LogP contribution in [0, 0.1) is 11.8 Å². The van der Waals surface area contributed by atoms with Gasteiger partial charge in [-0.2, -0.15) is 0 Å². The summed E-state index contributed by atoms with van der Waals surface area (Å²) in [5.41, 5.74) is -0.0447. The van der Waals surface area contributed by atoms with Gasteiger partial charge in [-0.3, -0.25) is 0 Å². The van der Waals surface area contributed by atoms with E-state index in [-0.39, 0.29) is 24.2 Å². The largest absolute Gasteiger partial charge is 0.490 e. The highest BCUT2D eigenvalue weighted by Crippen LogP contribution is 2.40. The van der Waals surface area contributed by atoms with Gasteiger partial charge in [0, 0.05) is 23.5 Å². The molecule has 2 heterocycles. The fraction of sp³-hybridized carbons (Fsp3) is 0.571. The van der Waals surface area contributed by atoms with Crippen molar-refractivity contribution in [2.75, 3.05) is 13.1 Å². The number of ether oxygens (including phenoxy) is 2. The molecule has 0 bridgehead atoms. The molecule has 3 atom stereocenters. The molecule has 1 saturated carbocycles. The number of carbonyl (C=O) groups is 1. The van der Waals surface area contributed by atoms with E-state index in [9.17, 15) is 4.79 Å². The van der Waals surface area contributed by atoms with E-state index in [2.05, 4.69) is 31.0 Å². The second-order valence-electron chi connectivity index (χ2n) is 8.90. The zero-order valence-electron chi connectivity index (χ0n) is 16.9. The summed E-state index contributed by atoms with van der Waals surface area (Å²) in [5.74, 6) is 1.78. The van der Waals surface area contributed by atoms with Gasteiger partial charge < -0.3 is 14.4 Å². The molecule has 8 heteroatoms. The highest BCUT2D eigenvalue weighted by molar-refractivity contribution is 7.11. The Kier molecular flexibility index (Phi) is 5.71. The highest BCUT2D eigenvalue weighted by atomic mass is 35.5. The molecule has 29 heavy (non-hydrogen) atoms. The van der Waals surface area contributed by atoms with Crippen molar-refractivity contribution in [1.82, 2.24) is 15.1 Å². The smallest absolute Gasteiger partial charge is 0.410 e. The zero-order chi connectivity index (χ0) is 20.6. The van der Waals surface area contributed by atoms with Gasteiger partial charge in [-0.15, -0.1) is 10.2 Å². The minimum atomic E-state index is -0.262. The average molecular weight is 436 g/mol. The fourth-order valence-corrected chi connectivity index (χ4v) is 4.96. The maximum atomic E-state index is 12.5. The second-order valence-corrected chi connectivity index (χ2v) is 10.4. The van der Waals surface area contributed by atoms with E-state index in [1.165, 1.54) is 11.3 Å². The van der Waals surface area contributed by atoms with Crippen LogP contribution in [0.25, 0.3) is 0 Å². The van der Waals surface area contributed by atoms with E-state index in [0.717, 1.165) is 41.7 Å². The van der Waals surface area contributed by atoms with Crippen LogP contribution >= 0.6 is 22.9 Å². The number of benzene rings is 1. The van der Waals surface area contributed by atoms with Crippen LogP contribution in [0.15, 0.2) is 24.3 Å². The molecule has 1 aliphatic heterocycles. The SMILES string of the molecule is CC(C)(C)c1nnc(COC(=O)N2C[C@H]3C[C@@H](Oc4ccc(Cl)cc4)C[C@H]3C2)s1. The molecule has 6 nitrogen and oxygen atoms in total. The summed E-state index contributed by atoms with van der Waals surface area (Å²) >= 11 is 7.43. The molecular weight excluding hydrogens is 410 g/mol. The molecule has 1 aliphatic carbocycles. The number of halogens is 1. The van der Waals surface area contributed by atoms with Crippen molar-refractivity contribution in [2.45, 2.75) is 51.7 Å². The second kappa shape index (κ2) is 8.11. The summed E-state index contributed by atoms with van der Waals surface area (Å²) in [6.07, 6.45) is 1.86. The maximum absolute atomic E-state index is 12.5. The predicted octanol–water partition coefficient (Wildman–Crippen LogP) is 4.92. The molecule has 1 amide bonds. The average Bonchev–Trinajstić information content (AvgIpc) is 3.35. The van der Waals surface area contributed by atoms with E-state index in [4.69, 9.17) is 21.1 Å². The number of carbonyl (C=O) groups excluding carboxylic acids is 1. The normalized spacial score (nSPS) is 23.9. The molecule has 1 saturated heterocycles. The molecule has 2 aromatic rings. The Morgan fingerprint density at radius 1 is 1.17 bits per heavy atom. The standard InChI is InChI=1S/C21H26ClN3O3S/c1-21(2,3)19-24-23-18(29-19)12-27-20(26)25-10-13-8-17(9-14(13)11-25)28-16-6-4-15(22)5-7-16/h4-7,13-14,17H,8-12H2,1-3H3/t13-,14+,17-. The number of fused-ring (bicyclic) bond motifs is 1. The van der Waals surface area contributed by atoms with E-state index < -0.39 is 0 Å². The van der Waals surface area contributed by atoms with Crippen LogP contribution in [0.4, 0.5) is 4.79 Å². The summed E-state index contributed by atoms with van der Waals surface area (Å²) in [6.45, 7) is 7.92. The van der Waals surface area contributed by atoms with Crippen molar-refractivity contribution >= 4 is 29.0 Å². The summed E-state index contributed by atoms with van der Waals surface area (Å²) in [5, 5.41) is 10.7. The lowest BCUT2D eigenvalue weighted by atomic mass is 9.98. The Labute approximate surface area is 180 Å². The van der Waals surface area contributed by atoms with Crippen molar-refractivity contribution < 1.29 is 14.3 Å². The molecule has 0 N–H and O–H groups in total. The monoisotopic (exact) mass is 435 g/mol. The quantitative estimate of drug-likeness (QED) is 0.682. The molecule has 0 radical (unpaired) electrons. The molecule has 1 aromatic heterocycles. The van der Waals surface area contributed by atoms with Crippen molar-refractivity contribution in [3.8, 4) is 5.75 Å². The lowest BCUT2D eigenvalue weighted by molar-refractivity contribution is 0.0983. The zero-order valence-corrected chi connectivity index (χ0v) is 18.5. The number of aromatic nitrogens is 2. The fourth-order valence-electron chi connectivity index (χ4n) is 4.03. The molecule has 156 valence electrons. The lowest BCUT2D eigenvalue weighted by Crippen LogP contribution is -2.31. The van der Waals surface area contributed by atoms with Gasteiger partial charge >= 0.3 is 6.09 Å². The number of hydrogen-bond acceptors (Lipinski definition) is 6. The third-order valence-corrected chi connectivity index (χ3v) is 7.08. The Morgan fingerprint density at radius 2 is 1.83 bits per heavy atom. The molecule has 2 fully saturated rings. The van der Waals surface area contributed by atoms with Gasteiger partial charge in [-0.1, -0.05) is 43.7 Å². The summed E-state index contributed by atoms with van der Waals surface area (Å²) < 4.78 is 11.6.